The van der Waals surface area contributed by atoms with E-state index in [1.54, 1.807) is 44.2 Å². The quantitative estimate of drug-likeness (QED) is 0.277. The summed E-state index contributed by atoms with van der Waals surface area (Å²) in [5.74, 6) is -1.28. The number of carbonyl (C=O) groups excluding carboxylic acids is 1. The number of rotatable bonds is 11. The van der Waals surface area contributed by atoms with Crippen molar-refractivity contribution in [2.75, 3.05) is 19.4 Å². The van der Waals surface area contributed by atoms with Gasteiger partial charge in [0.2, 0.25) is 0 Å². The summed E-state index contributed by atoms with van der Waals surface area (Å²) in [5.41, 5.74) is 2.38. The van der Waals surface area contributed by atoms with E-state index in [4.69, 9.17) is 24.3 Å². The normalized spacial score (nSPS) is 26.0. The summed E-state index contributed by atoms with van der Waals surface area (Å²) in [6.07, 6.45) is -4.25. The highest BCUT2D eigenvalue weighted by molar-refractivity contribution is 7.54. The van der Waals surface area contributed by atoms with E-state index in [0.29, 0.717) is 0 Å². The monoisotopic (exact) mass is 543 g/mol. The van der Waals surface area contributed by atoms with Crippen LogP contribution in [0.25, 0.3) is 0 Å². The van der Waals surface area contributed by atoms with Gasteiger partial charge in [0.05, 0.1) is 24.8 Å². The van der Waals surface area contributed by atoms with Crippen LogP contribution in [-0.2, 0) is 23.4 Å². The second-order valence-corrected chi connectivity index (χ2v) is 11.1. The van der Waals surface area contributed by atoms with E-state index in [1.165, 1.54) is 6.92 Å². The Morgan fingerprint density at radius 1 is 1.27 bits per heavy atom. The van der Waals surface area contributed by atoms with Gasteiger partial charge in [-0.1, -0.05) is 25.1 Å². The van der Waals surface area contributed by atoms with Gasteiger partial charge in [0.1, 0.15) is 30.2 Å². The molecular formula is C23H31FN3O9P. The fourth-order valence-electron chi connectivity index (χ4n) is 3.77. The number of hydrogen-bond donors (Lipinski definition) is 3. The molecule has 14 heteroatoms. The lowest BCUT2D eigenvalue weighted by atomic mass is 9.92. The van der Waals surface area contributed by atoms with Crippen molar-refractivity contribution in [3.63, 3.8) is 0 Å². The smallest absolute Gasteiger partial charge is 0.380 e. The van der Waals surface area contributed by atoms with E-state index in [-0.39, 0.29) is 18.0 Å². The predicted molar refractivity (Wildman–Crippen MR) is 130 cm³/mol. The van der Waals surface area contributed by atoms with Gasteiger partial charge in [-0.3, -0.25) is 23.7 Å². The molecule has 1 aromatic heterocycles. The van der Waals surface area contributed by atoms with Crippen molar-refractivity contribution in [3.05, 3.63) is 63.4 Å². The van der Waals surface area contributed by atoms with E-state index in [2.05, 4.69) is 0 Å². The summed E-state index contributed by atoms with van der Waals surface area (Å²) in [5, 5.41) is 10.8. The summed E-state index contributed by atoms with van der Waals surface area (Å²) < 4.78 is 50.7. The van der Waals surface area contributed by atoms with Gasteiger partial charge >= 0.3 is 19.3 Å². The number of nitrogens with zero attached hydrogens (tertiary/aromatic N) is 1. The average molecular weight is 543 g/mol. The lowest BCUT2D eigenvalue weighted by Gasteiger charge is -2.30. The van der Waals surface area contributed by atoms with E-state index < -0.39 is 68.0 Å². The maximum absolute atomic E-state index is 14.1. The summed E-state index contributed by atoms with van der Waals surface area (Å²) in [6.45, 7) is 2.98. The van der Waals surface area contributed by atoms with Crippen molar-refractivity contribution < 1.29 is 37.4 Å². The van der Waals surface area contributed by atoms with Gasteiger partial charge in [-0.2, -0.15) is 0 Å². The Labute approximate surface area is 212 Å². The predicted octanol–water partition coefficient (Wildman–Crippen LogP) is 1.34. The van der Waals surface area contributed by atoms with Crippen LogP contribution in [0, 0.1) is 5.92 Å². The minimum atomic E-state index is -4.07. The van der Waals surface area contributed by atoms with Gasteiger partial charge in [0, 0.05) is 12.3 Å². The van der Waals surface area contributed by atoms with Crippen LogP contribution in [-0.4, -0.2) is 63.9 Å². The molecule has 1 aliphatic rings. The lowest BCUT2D eigenvalue weighted by molar-refractivity contribution is -0.151. The largest absolute Gasteiger partial charge is 0.463 e. The van der Waals surface area contributed by atoms with E-state index in [0.717, 1.165) is 16.8 Å². The molecule has 0 aliphatic carbocycles. The Kier molecular flexibility index (Phi) is 9.09. The number of aliphatic hydroxyl groups excluding tert-OH is 1. The molecule has 0 amide bonds. The zero-order valence-corrected chi connectivity index (χ0v) is 21.5. The number of carbonyl (C=O) groups is 1. The molecule has 6 atom stereocenters. The summed E-state index contributed by atoms with van der Waals surface area (Å²) in [7, 11) is -4.07. The van der Waals surface area contributed by atoms with Crippen LogP contribution in [0.3, 0.4) is 0 Å². The number of aromatic nitrogens is 2. The standard InChI is InChI=1S/C23H31FN3O9P/c1-14(2)34-20(30)15(3)12-37(32,36-16-7-5-4-6-8-16)33-11-17-19(29)23(25,13-24)21(35-17)27-10-9-18(28)26-22(27)31/h4-10,14-15,17,19,21,29H,11-13,25H2,1-3H3,(H,26,28,31)/t15-,17-,19+,21-,23?,37-/m1/s1. The first kappa shape index (κ1) is 28.7. The Morgan fingerprint density at radius 2 is 1.95 bits per heavy atom. The molecule has 3 rings (SSSR count). The van der Waals surface area contributed by atoms with E-state index in [1.807, 2.05) is 4.98 Å². The molecule has 1 unspecified atom stereocenters. The van der Waals surface area contributed by atoms with E-state index >= 15 is 0 Å². The number of aliphatic hydroxyl groups is 1. The molecule has 0 radical (unpaired) electrons. The Balaban J connectivity index is 1.83. The number of halogens is 1. The minimum Gasteiger partial charge on any atom is -0.463 e. The van der Waals surface area contributed by atoms with Crippen LogP contribution >= 0.6 is 7.60 Å². The maximum atomic E-state index is 14.1. The SMILES string of the molecule is CC(C)OC(=O)[C@H](C)C[P@@](=O)(OC[C@H]1O[C@@H](n2ccc(=O)[nH]c2=O)C(N)(CF)[C@H]1O)Oc1ccccc1. The molecule has 2 heterocycles. The maximum Gasteiger partial charge on any atom is 0.380 e. The number of para-hydroxylation sites is 1. The van der Waals surface area contributed by atoms with Gasteiger partial charge in [0.15, 0.2) is 6.23 Å². The van der Waals surface area contributed by atoms with Gasteiger partial charge in [-0.15, -0.1) is 0 Å². The molecule has 204 valence electrons. The molecule has 0 saturated carbocycles. The molecule has 1 aliphatic heterocycles. The van der Waals surface area contributed by atoms with Crippen molar-refractivity contribution in [1.82, 2.24) is 9.55 Å². The molecule has 37 heavy (non-hydrogen) atoms. The number of benzene rings is 1. The average Bonchev–Trinajstić information content (AvgIpc) is 3.08. The van der Waals surface area contributed by atoms with Crippen LogP contribution in [0.15, 0.2) is 52.2 Å². The molecule has 4 N–H and O–H groups in total. The first-order chi connectivity index (χ1) is 17.4. The Bertz CT molecular complexity index is 1240. The molecule has 0 bridgehead atoms. The number of alkyl halides is 1. The third-order valence-corrected chi connectivity index (χ3v) is 7.70. The molecule has 1 fully saturated rings. The second kappa shape index (κ2) is 11.7. The number of ether oxygens (including phenoxy) is 2. The Hall–Kier alpha value is -2.83. The van der Waals surface area contributed by atoms with Gasteiger partial charge in [-0.05, 0) is 26.0 Å². The molecule has 1 aromatic carbocycles. The summed E-state index contributed by atoms with van der Waals surface area (Å²) >= 11 is 0. The van der Waals surface area contributed by atoms with Gasteiger partial charge in [-0.25, -0.2) is 13.8 Å². The highest BCUT2D eigenvalue weighted by atomic mass is 31.2. The van der Waals surface area contributed by atoms with Crippen LogP contribution in [0.1, 0.15) is 27.0 Å². The highest BCUT2D eigenvalue weighted by Crippen LogP contribution is 2.51. The topological polar surface area (TPSA) is 172 Å². The van der Waals surface area contributed by atoms with Crippen LogP contribution in [0.4, 0.5) is 4.39 Å². The Morgan fingerprint density at radius 3 is 2.54 bits per heavy atom. The molecule has 1 saturated heterocycles. The van der Waals surface area contributed by atoms with Crippen molar-refractivity contribution in [3.8, 4) is 5.75 Å². The highest BCUT2D eigenvalue weighted by Gasteiger charge is 2.56. The third kappa shape index (κ3) is 6.74. The van der Waals surface area contributed by atoms with Crippen LogP contribution in [0.2, 0.25) is 0 Å². The van der Waals surface area contributed by atoms with Crippen molar-refractivity contribution in [1.29, 1.82) is 0 Å². The number of nitrogens with two attached hydrogens (primary N) is 1. The zero-order valence-electron chi connectivity index (χ0n) is 20.6. The van der Waals surface area contributed by atoms with Gasteiger partial charge in [0.25, 0.3) is 5.56 Å². The number of nitrogens with one attached hydrogen (secondary N) is 1. The molecular weight excluding hydrogens is 512 g/mol. The minimum absolute atomic E-state index is 0.206. The van der Waals surface area contributed by atoms with Crippen molar-refractivity contribution in [2.24, 2.45) is 11.7 Å². The van der Waals surface area contributed by atoms with Crippen molar-refractivity contribution in [2.45, 2.75) is 50.8 Å². The number of aromatic amines is 1. The number of esters is 1. The molecule has 12 nitrogen and oxygen atoms in total. The first-order valence-electron chi connectivity index (χ1n) is 11.6. The first-order valence-corrected chi connectivity index (χ1v) is 13.3. The number of hydrogen-bond acceptors (Lipinski definition) is 10. The van der Waals surface area contributed by atoms with Crippen molar-refractivity contribution >= 4 is 13.6 Å². The fraction of sp³-hybridized carbons (Fsp3) is 0.522. The number of H-pyrrole nitrogens is 1. The van der Waals surface area contributed by atoms with Crippen LogP contribution < -0.4 is 21.5 Å². The van der Waals surface area contributed by atoms with E-state index in [9.17, 15) is 28.4 Å². The van der Waals surface area contributed by atoms with Gasteiger partial charge < -0.3 is 24.8 Å². The third-order valence-electron chi connectivity index (χ3n) is 5.68. The lowest BCUT2D eigenvalue weighted by Crippen LogP contribution is -2.57. The second-order valence-electron chi connectivity index (χ2n) is 9.12. The zero-order chi connectivity index (χ0) is 27.4. The molecule has 2 aromatic rings. The summed E-state index contributed by atoms with van der Waals surface area (Å²) in [6, 6.07) is 9.12. The molecule has 0 spiro atoms. The van der Waals surface area contributed by atoms with Crippen LogP contribution in [0.5, 0.6) is 5.75 Å². The summed E-state index contributed by atoms with van der Waals surface area (Å²) in [4.78, 5) is 38.0. The fourth-order valence-corrected chi connectivity index (χ4v) is 5.64.